The van der Waals surface area contributed by atoms with Crippen molar-refractivity contribution in [3.8, 4) is 16.9 Å². The number of nitrogen functional groups attached to an aromatic ring is 1. The molecule has 0 saturated heterocycles. The van der Waals surface area contributed by atoms with Crippen LogP contribution in [0.1, 0.15) is 19.8 Å². The largest absolute Gasteiger partial charge is 0.481 e. The Hall–Kier alpha value is -3.15. The highest BCUT2D eigenvalue weighted by atomic mass is 16.5. The Bertz CT molecular complexity index is 952. The first kappa shape index (κ1) is 16.3. The fourth-order valence-electron chi connectivity index (χ4n) is 2.77. The molecule has 1 unspecified atom stereocenters. The average Bonchev–Trinajstić information content (AvgIpc) is 3.45. The van der Waals surface area contributed by atoms with Crippen molar-refractivity contribution in [2.75, 3.05) is 5.73 Å². The van der Waals surface area contributed by atoms with Crippen LogP contribution >= 0.6 is 0 Å². The maximum absolute atomic E-state index is 12.1. The number of hydrogen-bond acceptors (Lipinski definition) is 5. The van der Waals surface area contributed by atoms with E-state index in [1.165, 1.54) is 0 Å². The summed E-state index contributed by atoms with van der Waals surface area (Å²) in [5, 5.41) is 5.07. The number of carbonyl (C=O) groups excluding carboxylic acids is 1. The highest BCUT2D eigenvalue weighted by Gasteiger charge is 2.26. The van der Waals surface area contributed by atoms with Crippen LogP contribution in [-0.2, 0) is 4.79 Å². The van der Waals surface area contributed by atoms with Crippen LogP contribution in [0.5, 0.6) is 5.75 Å². The lowest BCUT2D eigenvalue weighted by atomic mass is 10.0. The molecule has 0 spiro atoms. The predicted octanol–water partition coefficient (Wildman–Crippen LogP) is 2.92. The second kappa shape index (κ2) is 6.63. The van der Waals surface area contributed by atoms with E-state index in [2.05, 4.69) is 15.3 Å². The molecule has 0 aliphatic heterocycles. The van der Waals surface area contributed by atoms with Crippen molar-refractivity contribution < 1.29 is 9.53 Å². The molecule has 1 aliphatic carbocycles. The summed E-state index contributed by atoms with van der Waals surface area (Å²) in [6, 6.07) is 12.2. The highest BCUT2D eigenvalue weighted by molar-refractivity contribution is 5.88. The average molecular weight is 348 g/mol. The summed E-state index contributed by atoms with van der Waals surface area (Å²) < 4.78 is 5.82. The molecule has 0 radical (unpaired) electrons. The molecule has 2 aromatic carbocycles. The molecular weight excluding hydrogens is 328 g/mol. The lowest BCUT2D eigenvalue weighted by Gasteiger charge is -2.15. The van der Waals surface area contributed by atoms with Gasteiger partial charge in [-0.1, -0.05) is 18.2 Å². The molecule has 26 heavy (non-hydrogen) atoms. The maximum atomic E-state index is 12.1. The fourth-order valence-corrected chi connectivity index (χ4v) is 2.77. The maximum Gasteiger partial charge on any atom is 0.260 e. The molecule has 132 valence electrons. The van der Waals surface area contributed by atoms with Gasteiger partial charge >= 0.3 is 0 Å². The number of benzene rings is 2. The third-order valence-electron chi connectivity index (χ3n) is 4.42. The summed E-state index contributed by atoms with van der Waals surface area (Å²) >= 11 is 0. The van der Waals surface area contributed by atoms with Crippen LogP contribution in [0, 0.1) is 0 Å². The van der Waals surface area contributed by atoms with Crippen molar-refractivity contribution in [1.29, 1.82) is 0 Å². The lowest BCUT2D eigenvalue weighted by Crippen LogP contribution is -2.37. The third kappa shape index (κ3) is 3.59. The number of ether oxygens (including phenoxy) is 1. The Kier molecular flexibility index (Phi) is 4.16. The van der Waals surface area contributed by atoms with Gasteiger partial charge in [-0.3, -0.25) is 4.79 Å². The van der Waals surface area contributed by atoms with Gasteiger partial charge in [-0.25, -0.2) is 9.97 Å². The highest BCUT2D eigenvalue weighted by Crippen LogP contribution is 2.27. The van der Waals surface area contributed by atoms with E-state index >= 15 is 0 Å². The summed E-state index contributed by atoms with van der Waals surface area (Å²) in [5.74, 6) is 0.853. The molecule has 1 aliphatic rings. The zero-order valence-corrected chi connectivity index (χ0v) is 14.5. The van der Waals surface area contributed by atoms with Crippen molar-refractivity contribution in [3.05, 3.63) is 48.8 Å². The first-order valence-electron chi connectivity index (χ1n) is 8.67. The van der Waals surface area contributed by atoms with E-state index in [0.717, 1.165) is 34.7 Å². The zero-order valence-electron chi connectivity index (χ0n) is 14.5. The van der Waals surface area contributed by atoms with Gasteiger partial charge in [0.1, 0.15) is 5.75 Å². The number of nitrogens with zero attached hydrogens (tertiary/aromatic N) is 2. The predicted molar refractivity (Wildman–Crippen MR) is 101 cm³/mol. The molecule has 1 saturated carbocycles. The monoisotopic (exact) mass is 348 g/mol. The number of fused-ring (bicyclic) bond motifs is 1. The topological polar surface area (TPSA) is 90.1 Å². The van der Waals surface area contributed by atoms with E-state index in [1.54, 1.807) is 19.3 Å². The Morgan fingerprint density at radius 1 is 1.12 bits per heavy atom. The number of anilines is 1. The standard InChI is InChI=1S/C20H20N4O2/c1-12(19(25)24-17-5-6-17)26-18-7-4-13-2-3-14(8-15(13)9-18)16-10-22-20(21)23-11-16/h2-4,7-12,17H,5-6H2,1H3,(H,24,25)(H2,21,22,23). The van der Waals surface area contributed by atoms with E-state index in [1.807, 2.05) is 36.4 Å². The van der Waals surface area contributed by atoms with Crippen molar-refractivity contribution in [3.63, 3.8) is 0 Å². The summed E-state index contributed by atoms with van der Waals surface area (Å²) in [6.45, 7) is 1.77. The van der Waals surface area contributed by atoms with Gasteiger partial charge in [0, 0.05) is 24.0 Å². The SMILES string of the molecule is CC(Oc1ccc2ccc(-c3cnc(N)nc3)cc2c1)C(=O)NC1CC1. The lowest BCUT2D eigenvalue weighted by molar-refractivity contribution is -0.127. The number of carbonyl (C=O) groups is 1. The van der Waals surface area contributed by atoms with Crippen molar-refractivity contribution >= 4 is 22.6 Å². The molecule has 6 nitrogen and oxygen atoms in total. The minimum absolute atomic E-state index is 0.0691. The Labute approximate surface area is 151 Å². The quantitative estimate of drug-likeness (QED) is 0.740. The molecular formula is C20H20N4O2. The van der Waals surface area contributed by atoms with E-state index < -0.39 is 6.10 Å². The van der Waals surface area contributed by atoms with E-state index in [-0.39, 0.29) is 11.9 Å². The molecule has 1 aromatic heterocycles. The Morgan fingerprint density at radius 2 is 1.85 bits per heavy atom. The second-order valence-corrected chi connectivity index (χ2v) is 6.60. The molecule has 0 bridgehead atoms. The smallest absolute Gasteiger partial charge is 0.260 e. The second-order valence-electron chi connectivity index (χ2n) is 6.60. The van der Waals surface area contributed by atoms with Crippen LogP contribution in [0.2, 0.25) is 0 Å². The van der Waals surface area contributed by atoms with Crippen LogP contribution in [0.15, 0.2) is 48.8 Å². The van der Waals surface area contributed by atoms with Gasteiger partial charge in [0.05, 0.1) is 0 Å². The molecule has 3 N–H and O–H groups in total. The van der Waals surface area contributed by atoms with Crippen LogP contribution in [0.3, 0.4) is 0 Å². The number of amides is 1. The van der Waals surface area contributed by atoms with Gasteiger partial charge < -0.3 is 15.8 Å². The zero-order chi connectivity index (χ0) is 18.1. The van der Waals surface area contributed by atoms with Crippen molar-refractivity contribution in [1.82, 2.24) is 15.3 Å². The number of aromatic nitrogens is 2. The molecule has 3 aromatic rings. The van der Waals surface area contributed by atoms with Crippen LogP contribution in [0.4, 0.5) is 5.95 Å². The molecule has 1 amide bonds. The first-order valence-corrected chi connectivity index (χ1v) is 8.67. The Balaban J connectivity index is 1.56. The van der Waals surface area contributed by atoms with E-state index in [9.17, 15) is 4.79 Å². The normalized spacial score (nSPS) is 14.8. The van der Waals surface area contributed by atoms with Gasteiger partial charge in [0.25, 0.3) is 5.91 Å². The summed E-state index contributed by atoms with van der Waals surface area (Å²) in [6.07, 6.45) is 5.00. The van der Waals surface area contributed by atoms with E-state index in [0.29, 0.717) is 11.8 Å². The Morgan fingerprint density at radius 3 is 2.58 bits per heavy atom. The van der Waals surface area contributed by atoms with E-state index in [4.69, 9.17) is 10.5 Å². The van der Waals surface area contributed by atoms with Crippen molar-refractivity contribution in [2.45, 2.75) is 31.9 Å². The van der Waals surface area contributed by atoms with Crippen LogP contribution in [0.25, 0.3) is 21.9 Å². The fraction of sp³-hybridized carbons (Fsp3) is 0.250. The first-order chi connectivity index (χ1) is 12.6. The summed E-state index contributed by atoms with van der Waals surface area (Å²) in [4.78, 5) is 20.1. The molecule has 1 fully saturated rings. The van der Waals surface area contributed by atoms with Crippen molar-refractivity contribution in [2.24, 2.45) is 0 Å². The minimum Gasteiger partial charge on any atom is -0.481 e. The molecule has 1 heterocycles. The van der Waals surface area contributed by atoms with Gasteiger partial charge in [-0.05, 0) is 54.3 Å². The summed E-state index contributed by atoms with van der Waals surface area (Å²) in [7, 11) is 0. The van der Waals surface area contributed by atoms with Gasteiger partial charge in [0.2, 0.25) is 5.95 Å². The van der Waals surface area contributed by atoms with Crippen LogP contribution in [-0.4, -0.2) is 28.0 Å². The molecule has 1 atom stereocenters. The number of hydrogen-bond donors (Lipinski definition) is 2. The van der Waals surface area contributed by atoms with Gasteiger partial charge in [0.15, 0.2) is 6.10 Å². The van der Waals surface area contributed by atoms with Crippen LogP contribution < -0.4 is 15.8 Å². The summed E-state index contributed by atoms with van der Waals surface area (Å²) in [5.41, 5.74) is 7.44. The molecule has 4 rings (SSSR count). The third-order valence-corrected chi connectivity index (χ3v) is 4.42. The minimum atomic E-state index is -0.526. The van der Waals surface area contributed by atoms with Gasteiger partial charge in [-0.15, -0.1) is 0 Å². The number of nitrogens with two attached hydrogens (primary N) is 1. The number of nitrogens with one attached hydrogen (secondary N) is 1. The number of rotatable bonds is 5. The van der Waals surface area contributed by atoms with Gasteiger partial charge in [-0.2, -0.15) is 0 Å². The molecule has 6 heteroatoms.